The minimum Gasteiger partial charge on any atom is -0.473 e. The number of carboxylic acid groups (broad SMARTS) is 2. The smallest absolute Gasteiger partial charge is 0.414 e. The van der Waals surface area contributed by atoms with E-state index in [1.165, 1.54) is 5.57 Å². The van der Waals surface area contributed by atoms with Gasteiger partial charge in [0.05, 0.1) is 31.8 Å². The fourth-order valence-corrected chi connectivity index (χ4v) is 6.11. The summed E-state index contributed by atoms with van der Waals surface area (Å²) in [6.07, 6.45) is 4.52. The Kier molecular flexibility index (Phi) is 9.87. The van der Waals surface area contributed by atoms with Gasteiger partial charge in [-0.05, 0) is 18.8 Å². The van der Waals surface area contributed by atoms with Gasteiger partial charge in [0.2, 0.25) is 0 Å². The number of hydrogen-bond donors (Lipinski definition) is 4. The molecule has 0 spiro atoms. The molecule has 1 unspecified atom stereocenters. The monoisotopic (exact) mass is 512 g/mol. The summed E-state index contributed by atoms with van der Waals surface area (Å²) in [4.78, 5) is 35.7. The lowest BCUT2D eigenvalue weighted by molar-refractivity contribution is -0.159. The lowest BCUT2D eigenvalue weighted by atomic mass is 9.55. The molecule has 11 heteroatoms. The summed E-state index contributed by atoms with van der Waals surface area (Å²) in [7, 11) is 0. The molecule has 11 nitrogen and oxygen atoms in total. The minimum absolute atomic E-state index is 0.0639. The normalized spacial score (nSPS) is 34.5. The van der Waals surface area contributed by atoms with E-state index in [2.05, 4.69) is 29.7 Å². The second-order valence-electron chi connectivity index (χ2n) is 10.4. The molecule has 4 rings (SSSR count). The van der Waals surface area contributed by atoms with Crippen molar-refractivity contribution < 1.29 is 44.3 Å². The Bertz CT molecular complexity index is 814. The number of carbonyl (C=O) groups excluding carboxylic acids is 1. The summed E-state index contributed by atoms with van der Waals surface area (Å²) in [5.74, 6) is -3.70. The molecule has 0 aromatic heterocycles. The number of carbonyl (C=O) groups is 3. The van der Waals surface area contributed by atoms with E-state index in [9.17, 15) is 9.90 Å². The molecule has 0 radical (unpaired) electrons. The Labute approximate surface area is 211 Å². The maximum Gasteiger partial charge on any atom is 0.414 e. The summed E-state index contributed by atoms with van der Waals surface area (Å²) >= 11 is 0. The topological polar surface area (TPSA) is 157 Å². The molecule has 6 atom stereocenters. The van der Waals surface area contributed by atoms with E-state index in [1.807, 2.05) is 0 Å². The first kappa shape index (κ1) is 28.5. The first-order valence-corrected chi connectivity index (χ1v) is 12.8. The number of fused-ring (bicyclic) bond motifs is 2. The molecule has 4 N–H and O–H groups in total. The van der Waals surface area contributed by atoms with Crippen LogP contribution < -0.4 is 0 Å². The third-order valence-corrected chi connectivity index (χ3v) is 8.46. The zero-order valence-corrected chi connectivity index (χ0v) is 21.2. The largest absolute Gasteiger partial charge is 0.473 e. The number of esters is 1. The third kappa shape index (κ3) is 6.25. The molecule has 2 heterocycles. The van der Waals surface area contributed by atoms with Gasteiger partial charge < -0.3 is 29.9 Å². The highest BCUT2D eigenvalue weighted by molar-refractivity contribution is 6.27. The molecule has 2 aliphatic heterocycles. The van der Waals surface area contributed by atoms with Crippen molar-refractivity contribution in [1.82, 2.24) is 9.80 Å². The van der Waals surface area contributed by atoms with E-state index in [0.29, 0.717) is 25.7 Å². The van der Waals surface area contributed by atoms with Crippen LogP contribution in [0.2, 0.25) is 0 Å². The Hall–Kier alpha value is -2.05. The standard InChI is InChI=1S/C23H38N2O5.C2H2O4/c1-16-4-3-5-17-14-19-20(21(27)23(16,17)2)18(22(28)30-19)15-25-8-6-24(7-9-25)10-12-29-13-11-26;3-1(4)2(5)6/h5,16,18-21,26-27H,3-4,6-15H2,1-2H3;(H,3,4)(H,5,6)/t16-,18?,19+,20+,21-,23+;/m0./s1. The number of hydrogen-bond acceptors (Lipinski definition) is 9. The number of aliphatic carboxylic acids is 2. The average Bonchev–Trinajstić information content (AvgIpc) is 3.15. The van der Waals surface area contributed by atoms with Gasteiger partial charge in [-0.2, -0.15) is 0 Å². The molecule has 2 aliphatic carbocycles. The summed E-state index contributed by atoms with van der Waals surface area (Å²) in [5, 5.41) is 35.0. The number of carboxylic acids is 2. The predicted octanol–water partition coefficient (Wildman–Crippen LogP) is 0.0535. The van der Waals surface area contributed by atoms with E-state index in [1.54, 1.807) is 0 Å². The van der Waals surface area contributed by atoms with Crippen LogP contribution in [0.3, 0.4) is 0 Å². The number of nitrogens with zero attached hydrogens (tertiary/aromatic N) is 2. The van der Waals surface area contributed by atoms with Gasteiger partial charge in [0.15, 0.2) is 0 Å². The summed E-state index contributed by atoms with van der Waals surface area (Å²) < 4.78 is 11.2. The fourth-order valence-electron chi connectivity index (χ4n) is 6.11. The molecule has 0 bridgehead atoms. The summed E-state index contributed by atoms with van der Waals surface area (Å²) in [6.45, 7) is 10.8. The van der Waals surface area contributed by atoms with Crippen LogP contribution in [-0.2, 0) is 23.9 Å². The van der Waals surface area contributed by atoms with E-state index in [0.717, 1.165) is 52.0 Å². The Morgan fingerprint density at radius 1 is 1.14 bits per heavy atom. The van der Waals surface area contributed by atoms with Gasteiger partial charge in [0.1, 0.15) is 6.10 Å². The van der Waals surface area contributed by atoms with Crippen LogP contribution in [-0.4, -0.2) is 119 Å². The maximum absolute atomic E-state index is 12.8. The molecular formula is C25H40N2O9. The number of ether oxygens (including phenoxy) is 2. The van der Waals surface area contributed by atoms with Gasteiger partial charge in [-0.25, -0.2) is 9.59 Å². The van der Waals surface area contributed by atoms with Crippen molar-refractivity contribution >= 4 is 17.9 Å². The van der Waals surface area contributed by atoms with Crippen molar-refractivity contribution in [3.05, 3.63) is 11.6 Å². The van der Waals surface area contributed by atoms with Crippen molar-refractivity contribution in [3.8, 4) is 0 Å². The third-order valence-electron chi connectivity index (χ3n) is 8.46. The van der Waals surface area contributed by atoms with E-state index in [-0.39, 0.29) is 35.9 Å². The van der Waals surface area contributed by atoms with Crippen LogP contribution in [0.15, 0.2) is 11.6 Å². The van der Waals surface area contributed by atoms with Gasteiger partial charge in [-0.3, -0.25) is 14.6 Å². The van der Waals surface area contributed by atoms with Crippen LogP contribution in [0.4, 0.5) is 0 Å². The number of rotatable bonds is 7. The molecule has 2 saturated heterocycles. The summed E-state index contributed by atoms with van der Waals surface area (Å²) in [6, 6.07) is 0. The van der Waals surface area contributed by atoms with Crippen LogP contribution >= 0.6 is 0 Å². The van der Waals surface area contributed by atoms with Crippen molar-refractivity contribution in [2.24, 2.45) is 23.2 Å². The molecule has 0 aromatic rings. The molecule has 204 valence electrons. The Morgan fingerprint density at radius 3 is 2.39 bits per heavy atom. The lowest BCUT2D eigenvalue weighted by Crippen LogP contribution is -2.55. The van der Waals surface area contributed by atoms with Crippen LogP contribution in [0.1, 0.15) is 33.1 Å². The van der Waals surface area contributed by atoms with Crippen LogP contribution in [0.5, 0.6) is 0 Å². The quantitative estimate of drug-likeness (QED) is 0.158. The first-order chi connectivity index (χ1) is 17.1. The molecular weight excluding hydrogens is 472 g/mol. The van der Waals surface area contributed by atoms with Gasteiger partial charge in [-0.1, -0.05) is 25.5 Å². The minimum atomic E-state index is -1.82. The summed E-state index contributed by atoms with van der Waals surface area (Å²) in [5.41, 5.74) is 1.05. The molecule has 1 saturated carbocycles. The van der Waals surface area contributed by atoms with Crippen molar-refractivity contribution in [2.75, 3.05) is 59.1 Å². The fraction of sp³-hybridized carbons (Fsp3) is 0.800. The van der Waals surface area contributed by atoms with E-state index >= 15 is 0 Å². The van der Waals surface area contributed by atoms with Gasteiger partial charge in [-0.15, -0.1) is 0 Å². The van der Waals surface area contributed by atoms with Crippen molar-refractivity contribution in [1.29, 1.82) is 0 Å². The Morgan fingerprint density at radius 2 is 1.78 bits per heavy atom. The lowest BCUT2D eigenvalue weighted by Gasteiger charge is -2.52. The number of aliphatic hydroxyl groups is 2. The maximum atomic E-state index is 12.8. The highest BCUT2D eigenvalue weighted by Crippen LogP contribution is 2.56. The van der Waals surface area contributed by atoms with E-state index < -0.39 is 18.0 Å². The SMILES string of the molecule is C[C@H]1CCC=C2C[C@H]3OC(=O)C(CN4CCN(CCOCCO)CC4)[C@H]3[C@H](O)[C@@]21C.O=C(O)C(=O)O. The highest BCUT2D eigenvalue weighted by Gasteiger charge is 2.59. The predicted molar refractivity (Wildman–Crippen MR) is 128 cm³/mol. The highest BCUT2D eigenvalue weighted by atomic mass is 16.6. The molecule has 36 heavy (non-hydrogen) atoms. The van der Waals surface area contributed by atoms with Crippen LogP contribution in [0.25, 0.3) is 0 Å². The van der Waals surface area contributed by atoms with Crippen molar-refractivity contribution in [3.63, 3.8) is 0 Å². The van der Waals surface area contributed by atoms with Crippen LogP contribution in [0, 0.1) is 23.2 Å². The zero-order chi connectivity index (χ0) is 26.5. The number of aliphatic hydroxyl groups excluding tert-OH is 2. The van der Waals surface area contributed by atoms with Crippen molar-refractivity contribution in [2.45, 2.75) is 45.3 Å². The molecule has 3 fully saturated rings. The number of piperazine rings is 1. The van der Waals surface area contributed by atoms with Gasteiger partial charge in [0.25, 0.3) is 0 Å². The zero-order valence-electron chi connectivity index (χ0n) is 21.2. The second-order valence-corrected chi connectivity index (χ2v) is 10.4. The van der Waals surface area contributed by atoms with Gasteiger partial charge >= 0.3 is 17.9 Å². The Balaban J connectivity index is 0.000000538. The average molecular weight is 513 g/mol. The second kappa shape index (κ2) is 12.5. The van der Waals surface area contributed by atoms with E-state index in [4.69, 9.17) is 34.4 Å². The molecule has 0 aromatic carbocycles. The van der Waals surface area contributed by atoms with Gasteiger partial charge in [0, 0.05) is 57.0 Å². The molecule has 4 aliphatic rings. The number of allylic oxidation sites excluding steroid dienone is 1. The first-order valence-electron chi connectivity index (χ1n) is 12.8. The molecule has 0 amide bonds.